The number of aryl methyl sites for hydroxylation is 2. The molecule has 0 radical (unpaired) electrons. The predicted octanol–water partition coefficient (Wildman–Crippen LogP) is 0.820. The van der Waals surface area contributed by atoms with Crippen LogP contribution < -0.4 is 0 Å². The maximum Gasteiger partial charge on any atom is 0.138 e. The number of rotatable bonds is 5. The van der Waals surface area contributed by atoms with Gasteiger partial charge >= 0.3 is 0 Å². The monoisotopic (exact) mass is 167 g/mol. The summed E-state index contributed by atoms with van der Waals surface area (Å²) in [5.41, 5.74) is 0. The number of carbonyl (C=O) groups is 1. The molecule has 1 aromatic heterocycles. The smallest absolute Gasteiger partial charge is 0.138 e. The fourth-order valence-corrected chi connectivity index (χ4v) is 1.09. The van der Waals surface area contributed by atoms with Gasteiger partial charge in [-0.05, 0) is 13.3 Å². The van der Waals surface area contributed by atoms with E-state index in [-0.39, 0.29) is 0 Å². The Labute approximate surface area is 71.6 Å². The molecule has 1 aromatic rings. The van der Waals surface area contributed by atoms with Crippen molar-refractivity contribution < 1.29 is 4.79 Å². The first kappa shape index (κ1) is 8.90. The molecule has 0 saturated heterocycles. The number of hydrogen-bond donors (Lipinski definition) is 0. The molecule has 0 unspecified atom stereocenters. The van der Waals surface area contributed by atoms with Gasteiger partial charge in [0.1, 0.15) is 18.4 Å². The van der Waals surface area contributed by atoms with Crippen molar-refractivity contribution in [3.63, 3.8) is 0 Å². The normalized spacial score (nSPS) is 10.1. The first-order valence-corrected chi connectivity index (χ1v) is 4.18. The van der Waals surface area contributed by atoms with E-state index in [1.54, 1.807) is 6.33 Å². The van der Waals surface area contributed by atoms with Gasteiger partial charge in [-0.3, -0.25) is 4.68 Å². The van der Waals surface area contributed by atoms with Gasteiger partial charge in [-0.25, -0.2) is 4.98 Å². The molecule has 0 fully saturated rings. The second-order valence-electron chi connectivity index (χ2n) is 2.55. The van der Waals surface area contributed by atoms with E-state index in [1.807, 2.05) is 11.6 Å². The van der Waals surface area contributed by atoms with Crippen LogP contribution in [0.4, 0.5) is 0 Å². The molecule has 1 rings (SSSR count). The number of aldehydes is 1. The van der Waals surface area contributed by atoms with Crippen molar-refractivity contribution in [2.24, 2.45) is 0 Å². The summed E-state index contributed by atoms with van der Waals surface area (Å²) >= 11 is 0. The third-order valence-corrected chi connectivity index (χ3v) is 1.72. The van der Waals surface area contributed by atoms with Crippen molar-refractivity contribution in [3.8, 4) is 0 Å². The van der Waals surface area contributed by atoms with Gasteiger partial charge in [0, 0.05) is 19.4 Å². The Morgan fingerprint density at radius 3 is 3.17 bits per heavy atom. The van der Waals surface area contributed by atoms with Crippen molar-refractivity contribution in [2.75, 3.05) is 0 Å². The number of aromatic nitrogens is 3. The highest BCUT2D eigenvalue weighted by atomic mass is 16.1. The van der Waals surface area contributed by atoms with Crippen LogP contribution in [-0.2, 0) is 17.8 Å². The van der Waals surface area contributed by atoms with E-state index in [1.165, 1.54) is 0 Å². The number of unbranched alkanes of at least 4 members (excludes halogenated alkanes) is 1. The lowest BCUT2D eigenvalue weighted by atomic mass is 10.2. The lowest BCUT2D eigenvalue weighted by molar-refractivity contribution is -0.107. The van der Waals surface area contributed by atoms with Crippen LogP contribution in [0.25, 0.3) is 0 Å². The van der Waals surface area contributed by atoms with Gasteiger partial charge in [0.2, 0.25) is 0 Å². The standard InChI is InChI=1S/C8H13N3O/c1-2-11-8(9-7-10-11)5-3-4-6-12/h6-7H,2-5H2,1H3. The lowest BCUT2D eigenvalue weighted by Gasteiger charge is -1.99. The van der Waals surface area contributed by atoms with E-state index in [0.717, 1.165) is 31.5 Å². The molecule has 0 bridgehead atoms. The zero-order valence-electron chi connectivity index (χ0n) is 7.23. The summed E-state index contributed by atoms with van der Waals surface area (Å²) in [4.78, 5) is 14.1. The van der Waals surface area contributed by atoms with Crippen LogP contribution in [0, 0.1) is 0 Å². The summed E-state index contributed by atoms with van der Waals surface area (Å²) in [6, 6.07) is 0. The molecule has 4 nitrogen and oxygen atoms in total. The van der Waals surface area contributed by atoms with Gasteiger partial charge in [0.05, 0.1) is 0 Å². The van der Waals surface area contributed by atoms with Crippen molar-refractivity contribution >= 4 is 6.29 Å². The van der Waals surface area contributed by atoms with Crippen molar-refractivity contribution in [1.29, 1.82) is 0 Å². The minimum Gasteiger partial charge on any atom is -0.303 e. The molecule has 0 spiro atoms. The van der Waals surface area contributed by atoms with Crippen LogP contribution in [0.15, 0.2) is 6.33 Å². The fourth-order valence-electron chi connectivity index (χ4n) is 1.09. The summed E-state index contributed by atoms with van der Waals surface area (Å²) in [6.45, 7) is 2.87. The van der Waals surface area contributed by atoms with Crippen molar-refractivity contribution in [3.05, 3.63) is 12.2 Å². The minimum atomic E-state index is 0.608. The quantitative estimate of drug-likeness (QED) is 0.482. The Balaban J connectivity index is 2.44. The molecule has 0 N–H and O–H groups in total. The zero-order valence-corrected chi connectivity index (χ0v) is 7.23. The van der Waals surface area contributed by atoms with E-state index in [2.05, 4.69) is 10.1 Å². The highest BCUT2D eigenvalue weighted by Crippen LogP contribution is 1.99. The van der Waals surface area contributed by atoms with Crippen molar-refractivity contribution in [1.82, 2.24) is 14.8 Å². The number of nitrogens with zero attached hydrogens (tertiary/aromatic N) is 3. The van der Waals surface area contributed by atoms with E-state index < -0.39 is 0 Å². The summed E-state index contributed by atoms with van der Waals surface area (Å²) in [6.07, 6.45) is 4.80. The minimum absolute atomic E-state index is 0.608. The summed E-state index contributed by atoms with van der Waals surface area (Å²) in [5.74, 6) is 0.972. The third-order valence-electron chi connectivity index (χ3n) is 1.72. The second-order valence-corrected chi connectivity index (χ2v) is 2.55. The zero-order chi connectivity index (χ0) is 8.81. The SMILES string of the molecule is CCn1ncnc1CCCC=O. The molecule has 12 heavy (non-hydrogen) atoms. The van der Waals surface area contributed by atoms with Crippen LogP contribution in [0.2, 0.25) is 0 Å². The van der Waals surface area contributed by atoms with Crippen LogP contribution in [0.3, 0.4) is 0 Å². The second kappa shape index (κ2) is 4.64. The van der Waals surface area contributed by atoms with Gasteiger partial charge in [-0.2, -0.15) is 5.10 Å². The van der Waals surface area contributed by atoms with E-state index in [9.17, 15) is 4.79 Å². The molecule has 1 heterocycles. The molecule has 4 heteroatoms. The van der Waals surface area contributed by atoms with Crippen LogP contribution in [0.5, 0.6) is 0 Å². The first-order valence-electron chi connectivity index (χ1n) is 4.18. The Morgan fingerprint density at radius 1 is 1.67 bits per heavy atom. The average Bonchev–Trinajstić information content (AvgIpc) is 2.52. The Kier molecular flexibility index (Phi) is 3.44. The third kappa shape index (κ3) is 2.15. The van der Waals surface area contributed by atoms with Gasteiger partial charge in [-0.15, -0.1) is 0 Å². The van der Waals surface area contributed by atoms with Crippen LogP contribution >= 0.6 is 0 Å². The number of carbonyl (C=O) groups excluding carboxylic acids is 1. The molecule has 0 saturated carbocycles. The topological polar surface area (TPSA) is 47.8 Å². The lowest BCUT2D eigenvalue weighted by Crippen LogP contribution is -2.03. The average molecular weight is 167 g/mol. The Hall–Kier alpha value is -1.19. The molecule has 0 aromatic carbocycles. The van der Waals surface area contributed by atoms with Crippen LogP contribution in [0.1, 0.15) is 25.6 Å². The van der Waals surface area contributed by atoms with Gasteiger partial charge in [-0.1, -0.05) is 0 Å². The maximum absolute atomic E-state index is 10.0. The predicted molar refractivity (Wildman–Crippen MR) is 44.7 cm³/mol. The maximum atomic E-state index is 10.0. The van der Waals surface area contributed by atoms with Gasteiger partial charge < -0.3 is 4.79 Å². The Morgan fingerprint density at radius 2 is 2.50 bits per heavy atom. The van der Waals surface area contributed by atoms with E-state index in [4.69, 9.17) is 0 Å². The van der Waals surface area contributed by atoms with E-state index in [0.29, 0.717) is 6.42 Å². The number of hydrogen-bond acceptors (Lipinski definition) is 3. The molecule has 0 aliphatic carbocycles. The molecule has 0 aliphatic heterocycles. The van der Waals surface area contributed by atoms with Crippen LogP contribution in [-0.4, -0.2) is 21.1 Å². The molecular formula is C8H13N3O. The summed E-state index contributed by atoms with van der Waals surface area (Å²) in [5, 5.41) is 4.03. The molecule has 0 aliphatic rings. The largest absolute Gasteiger partial charge is 0.303 e. The van der Waals surface area contributed by atoms with Gasteiger partial charge in [0.15, 0.2) is 0 Å². The molecule has 0 amide bonds. The highest BCUT2D eigenvalue weighted by Gasteiger charge is 2.00. The fraction of sp³-hybridized carbons (Fsp3) is 0.625. The Bertz CT molecular complexity index is 244. The van der Waals surface area contributed by atoms with Gasteiger partial charge in [0.25, 0.3) is 0 Å². The first-order chi connectivity index (χ1) is 5.88. The van der Waals surface area contributed by atoms with E-state index >= 15 is 0 Å². The molecule has 66 valence electrons. The summed E-state index contributed by atoms with van der Waals surface area (Å²) in [7, 11) is 0. The van der Waals surface area contributed by atoms with Crippen molar-refractivity contribution in [2.45, 2.75) is 32.7 Å². The molecular weight excluding hydrogens is 154 g/mol. The highest BCUT2D eigenvalue weighted by molar-refractivity contribution is 5.49. The summed E-state index contributed by atoms with van der Waals surface area (Å²) < 4.78 is 1.85. The molecule has 0 atom stereocenters.